The minimum atomic E-state index is -0.592. The molecule has 2 aromatic rings. The lowest BCUT2D eigenvalue weighted by molar-refractivity contribution is -0.140. The zero-order valence-electron chi connectivity index (χ0n) is 20.3. The fourth-order valence-electron chi connectivity index (χ4n) is 3.52. The van der Waals surface area contributed by atoms with Crippen molar-refractivity contribution in [2.45, 2.75) is 52.1 Å². The molecule has 1 N–H and O–H groups in total. The van der Waals surface area contributed by atoms with E-state index in [4.69, 9.17) is 14.2 Å². The van der Waals surface area contributed by atoms with E-state index in [-0.39, 0.29) is 18.2 Å². The van der Waals surface area contributed by atoms with Gasteiger partial charge in [-0.25, -0.2) is 0 Å². The highest BCUT2D eigenvalue weighted by molar-refractivity contribution is 5.87. The fraction of sp³-hybridized carbons (Fsp3) is 0.462. The van der Waals surface area contributed by atoms with E-state index in [2.05, 4.69) is 12.2 Å². The normalized spacial score (nSPS) is 11.4. The van der Waals surface area contributed by atoms with E-state index in [1.54, 1.807) is 33.2 Å². The molecule has 0 radical (unpaired) electrons. The number of amides is 2. The van der Waals surface area contributed by atoms with Crippen molar-refractivity contribution < 1.29 is 23.8 Å². The monoisotopic (exact) mass is 456 g/mol. The van der Waals surface area contributed by atoms with Crippen LogP contribution in [0.4, 0.5) is 0 Å². The van der Waals surface area contributed by atoms with Gasteiger partial charge in [0.25, 0.3) is 0 Å². The molecule has 0 saturated heterocycles. The van der Waals surface area contributed by atoms with Crippen LogP contribution in [0.15, 0.2) is 42.5 Å². The number of hydrogen-bond acceptors (Lipinski definition) is 5. The first-order valence-electron chi connectivity index (χ1n) is 11.3. The predicted molar refractivity (Wildman–Crippen MR) is 129 cm³/mol. The number of rotatable bonds is 13. The first-order valence-corrected chi connectivity index (χ1v) is 11.3. The average molecular weight is 457 g/mol. The first kappa shape index (κ1) is 26.0. The smallest absolute Gasteiger partial charge is 0.242 e. The Labute approximate surface area is 197 Å². The van der Waals surface area contributed by atoms with Gasteiger partial charge >= 0.3 is 0 Å². The molecule has 0 saturated carbocycles. The van der Waals surface area contributed by atoms with Crippen molar-refractivity contribution in [1.29, 1.82) is 0 Å². The summed E-state index contributed by atoms with van der Waals surface area (Å²) >= 11 is 0. The average Bonchev–Trinajstić information content (AvgIpc) is 2.85. The highest BCUT2D eigenvalue weighted by Crippen LogP contribution is 2.28. The molecule has 0 fully saturated rings. The summed E-state index contributed by atoms with van der Waals surface area (Å²) in [6, 6.07) is 12.6. The number of carbonyl (C=O) groups is 2. The number of benzene rings is 2. The summed E-state index contributed by atoms with van der Waals surface area (Å²) < 4.78 is 16.0. The van der Waals surface area contributed by atoms with Gasteiger partial charge in [0, 0.05) is 19.5 Å². The fourth-order valence-corrected chi connectivity index (χ4v) is 3.52. The van der Waals surface area contributed by atoms with Gasteiger partial charge in [-0.1, -0.05) is 31.5 Å². The van der Waals surface area contributed by atoms with Crippen LogP contribution < -0.4 is 19.5 Å². The molecule has 0 aromatic heterocycles. The van der Waals surface area contributed by atoms with E-state index >= 15 is 0 Å². The van der Waals surface area contributed by atoms with Gasteiger partial charge in [-0.05, 0) is 55.2 Å². The van der Waals surface area contributed by atoms with E-state index in [0.717, 1.165) is 24.0 Å². The second kappa shape index (κ2) is 13.4. The minimum absolute atomic E-state index is 0.0919. The molecule has 1 atom stereocenters. The quantitative estimate of drug-likeness (QED) is 0.462. The number of aryl methyl sites for hydroxylation is 1. The molecule has 7 heteroatoms. The first-order chi connectivity index (χ1) is 15.9. The van der Waals surface area contributed by atoms with Gasteiger partial charge < -0.3 is 24.4 Å². The Balaban J connectivity index is 2.16. The topological polar surface area (TPSA) is 77.1 Å². The maximum absolute atomic E-state index is 13.3. The number of methoxy groups -OCH3 is 3. The van der Waals surface area contributed by atoms with Gasteiger partial charge in [-0.2, -0.15) is 0 Å². The lowest BCUT2D eigenvalue weighted by Gasteiger charge is -2.29. The third-order valence-electron chi connectivity index (χ3n) is 5.56. The number of nitrogens with one attached hydrogen (secondary N) is 1. The van der Waals surface area contributed by atoms with Crippen molar-refractivity contribution in [1.82, 2.24) is 10.2 Å². The molecule has 0 aliphatic rings. The molecule has 2 aromatic carbocycles. The molecule has 0 heterocycles. The Morgan fingerprint density at radius 1 is 0.970 bits per heavy atom. The van der Waals surface area contributed by atoms with Crippen molar-refractivity contribution in [3.8, 4) is 17.2 Å². The van der Waals surface area contributed by atoms with E-state index in [1.807, 2.05) is 42.5 Å². The number of ether oxygens (including phenoxy) is 3. The summed E-state index contributed by atoms with van der Waals surface area (Å²) in [5.41, 5.74) is 1.87. The van der Waals surface area contributed by atoms with E-state index in [1.165, 1.54) is 0 Å². The van der Waals surface area contributed by atoms with Gasteiger partial charge in [-0.15, -0.1) is 0 Å². The minimum Gasteiger partial charge on any atom is -0.497 e. The summed E-state index contributed by atoms with van der Waals surface area (Å²) in [4.78, 5) is 27.7. The van der Waals surface area contributed by atoms with Crippen LogP contribution in [0.3, 0.4) is 0 Å². The Bertz CT molecular complexity index is 915. The SMILES string of the molecule is CCCCNC(=O)[C@@H](C)N(Cc1cccc(OC)c1)C(=O)CCc1ccc(OC)c(OC)c1. The number of nitrogens with zero attached hydrogens (tertiary/aromatic N) is 1. The van der Waals surface area contributed by atoms with Gasteiger partial charge in [-0.3, -0.25) is 9.59 Å². The largest absolute Gasteiger partial charge is 0.497 e. The number of carbonyl (C=O) groups excluding carboxylic acids is 2. The van der Waals surface area contributed by atoms with Gasteiger partial charge in [0.15, 0.2) is 11.5 Å². The maximum atomic E-state index is 13.3. The van der Waals surface area contributed by atoms with Crippen LogP contribution in [0, 0.1) is 0 Å². The molecular weight excluding hydrogens is 420 g/mol. The standard InChI is InChI=1S/C26H36N2O5/c1-6-7-15-27-26(30)19(2)28(18-21-9-8-10-22(16-21)31-3)25(29)14-12-20-11-13-23(32-4)24(17-20)33-5/h8-11,13,16-17,19H,6-7,12,14-15,18H2,1-5H3,(H,27,30)/t19-/m1/s1. The molecule has 0 aliphatic heterocycles. The van der Waals surface area contributed by atoms with E-state index in [0.29, 0.717) is 36.8 Å². The Morgan fingerprint density at radius 3 is 2.39 bits per heavy atom. The van der Waals surface area contributed by atoms with Gasteiger partial charge in [0.1, 0.15) is 11.8 Å². The zero-order valence-corrected chi connectivity index (χ0v) is 20.3. The van der Waals surface area contributed by atoms with Crippen LogP contribution in [-0.4, -0.2) is 50.6 Å². The molecule has 7 nitrogen and oxygen atoms in total. The molecule has 180 valence electrons. The highest BCUT2D eigenvalue weighted by atomic mass is 16.5. The van der Waals surface area contributed by atoms with Crippen molar-refractivity contribution in [3.05, 3.63) is 53.6 Å². The lowest BCUT2D eigenvalue weighted by Crippen LogP contribution is -2.47. The molecule has 2 rings (SSSR count). The number of unbranched alkanes of at least 4 members (excludes halogenated alkanes) is 1. The Kier molecular flexibility index (Phi) is 10.5. The van der Waals surface area contributed by atoms with Crippen LogP contribution in [-0.2, 0) is 22.6 Å². The summed E-state index contributed by atoms with van der Waals surface area (Å²) in [6.45, 7) is 4.77. The van der Waals surface area contributed by atoms with Gasteiger partial charge in [0.2, 0.25) is 11.8 Å². The highest BCUT2D eigenvalue weighted by Gasteiger charge is 2.26. The van der Waals surface area contributed by atoms with Crippen molar-refractivity contribution in [2.75, 3.05) is 27.9 Å². The molecule has 2 amide bonds. The molecule has 0 aliphatic carbocycles. The summed E-state index contributed by atoms with van der Waals surface area (Å²) in [6.07, 6.45) is 2.69. The predicted octanol–water partition coefficient (Wildman–Crippen LogP) is 3.98. The third kappa shape index (κ3) is 7.70. The molecule has 0 spiro atoms. The second-order valence-electron chi connectivity index (χ2n) is 7.88. The van der Waals surface area contributed by atoms with Crippen molar-refractivity contribution >= 4 is 11.8 Å². The van der Waals surface area contributed by atoms with Crippen LogP contribution in [0.2, 0.25) is 0 Å². The zero-order chi connectivity index (χ0) is 24.2. The summed E-state index contributed by atoms with van der Waals surface area (Å²) in [7, 11) is 4.78. The van der Waals surface area contributed by atoms with E-state index in [9.17, 15) is 9.59 Å². The van der Waals surface area contributed by atoms with Crippen LogP contribution in [0.25, 0.3) is 0 Å². The van der Waals surface area contributed by atoms with Crippen molar-refractivity contribution in [3.63, 3.8) is 0 Å². The van der Waals surface area contributed by atoms with Gasteiger partial charge in [0.05, 0.1) is 21.3 Å². The Hall–Kier alpha value is -3.22. The molecule has 0 unspecified atom stereocenters. The maximum Gasteiger partial charge on any atom is 0.242 e. The molecular formula is C26H36N2O5. The Morgan fingerprint density at radius 2 is 1.73 bits per heavy atom. The summed E-state index contributed by atoms with van der Waals surface area (Å²) in [5, 5.41) is 2.94. The number of hydrogen-bond donors (Lipinski definition) is 1. The lowest BCUT2D eigenvalue weighted by atomic mass is 10.1. The van der Waals surface area contributed by atoms with E-state index < -0.39 is 6.04 Å². The van der Waals surface area contributed by atoms with Crippen molar-refractivity contribution in [2.24, 2.45) is 0 Å². The van der Waals surface area contributed by atoms with Crippen LogP contribution >= 0.6 is 0 Å². The second-order valence-corrected chi connectivity index (χ2v) is 7.88. The van der Waals surface area contributed by atoms with Crippen LogP contribution in [0.1, 0.15) is 44.2 Å². The molecule has 33 heavy (non-hydrogen) atoms. The summed E-state index contributed by atoms with van der Waals surface area (Å²) in [5.74, 6) is 1.74. The third-order valence-corrected chi connectivity index (χ3v) is 5.56. The van der Waals surface area contributed by atoms with Crippen LogP contribution in [0.5, 0.6) is 17.2 Å². The molecule has 0 bridgehead atoms.